The molecule has 160 valence electrons. The van der Waals surface area contributed by atoms with Crippen molar-refractivity contribution < 1.29 is 14.1 Å². The van der Waals surface area contributed by atoms with E-state index < -0.39 is 13.9 Å². The molecule has 2 N–H and O–H groups in total. The third-order valence-electron chi connectivity index (χ3n) is 6.02. The minimum absolute atomic E-state index is 0.0900. The van der Waals surface area contributed by atoms with E-state index in [0.717, 1.165) is 12.8 Å². The van der Waals surface area contributed by atoms with Crippen molar-refractivity contribution in [2.45, 2.75) is 116 Å². The third-order valence-corrected chi connectivity index (χ3v) is 10.5. The van der Waals surface area contributed by atoms with Crippen molar-refractivity contribution in [3.05, 3.63) is 0 Å². The molecule has 1 rings (SSSR count). The van der Waals surface area contributed by atoms with Crippen molar-refractivity contribution >= 4 is 14.7 Å². The zero-order chi connectivity index (χ0) is 20.9. The van der Waals surface area contributed by atoms with Crippen molar-refractivity contribution in [2.75, 3.05) is 6.54 Å². The van der Waals surface area contributed by atoms with Crippen LogP contribution in [0.25, 0.3) is 0 Å². The first-order valence-corrected chi connectivity index (χ1v) is 13.5. The lowest BCUT2D eigenvalue weighted by molar-refractivity contribution is -0.243. The number of rotatable bonds is 9. The molecule has 27 heavy (non-hydrogen) atoms. The Kier molecular flexibility index (Phi) is 8.98. The quantitative estimate of drug-likeness (QED) is 0.341. The summed E-state index contributed by atoms with van der Waals surface area (Å²) in [6.45, 7) is 17.5. The maximum absolute atomic E-state index is 12.0. The van der Waals surface area contributed by atoms with E-state index in [0.29, 0.717) is 12.5 Å². The fourth-order valence-corrected chi connectivity index (χ4v) is 4.87. The lowest BCUT2D eigenvalue weighted by atomic mass is 9.83. The van der Waals surface area contributed by atoms with E-state index in [1.807, 2.05) is 20.8 Å². The summed E-state index contributed by atoms with van der Waals surface area (Å²) in [5.74, 6) is 0.604. The Morgan fingerprint density at radius 2 is 1.67 bits per heavy atom. The van der Waals surface area contributed by atoms with Crippen molar-refractivity contribution in [3.63, 3.8) is 0 Å². The Morgan fingerprint density at radius 3 is 2.07 bits per heavy atom. The molecular formula is C21H44N2O3Si. The highest BCUT2D eigenvalue weighted by Crippen LogP contribution is 2.39. The summed E-state index contributed by atoms with van der Waals surface area (Å²) in [6, 6.07) is -0.149. The summed E-state index contributed by atoms with van der Waals surface area (Å²) in [6.07, 6.45) is 7.80. The van der Waals surface area contributed by atoms with Gasteiger partial charge in [0.25, 0.3) is 0 Å². The van der Waals surface area contributed by atoms with Crippen LogP contribution in [-0.4, -0.2) is 44.1 Å². The van der Waals surface area contributed by atoms with Gasteiger partial charge in [-0.05, 0) is 51.2 Å². The van der Waals surface area contributed by atoms with Crippen LogP contribution in [0, 0.1) is 5.92 Å². The molecule has 2 unspecified atom stereocenters. The molecule has 1 aliphatic rings. The van der Waals surface area contributed by atoms with Gasteiger partial charge in [0.1, 0.15) is 0 Å². The summed E-state index contributed by atoms with van der Waals surface area (Å²) in [7, 11) is -2.01. The van der Waals surface area contributed by atoms with E-state index >= 15 is 0 Å². The zero-order valence-corrected chi connectivity index (χ0v) is 20.0. The van der Waals surface area contributed by atoms with Gasteiger partial charge in [-0.3, -0.25) is 9.63 Å². The van der Waals surface area contributed by atoms with Crippen LogP contribution in [0.15, 0.2) is 0 Å². The van der Waals surface area contributed by atoms with Gasteiger partial charge in [-0.15, -0.1) is 0 Å². The van der Waals surface area contributed by atoms with Gasteiger partial charge >= 0.3 is 0 Å². The summed E-state index contributed by atoms with van der Waals surface area (Å²) >= 11 is 0. The number of carbonyl (C=O) groups is 1. The summed E-state index contributed by atoms with van der Waals surface area (Å²) in [4.78, 5) is 18.0. The second-order valence-corrected chi connectivity index (χ2v) is 15.4. The monoisotopic (exact) mass is 400 g/mol. The van der Waals surface area contributed by atoms with Crippen LogP contribution >= 0.6 is 0 Å². The molecule has 2 atom stereocenters. The zero-order valence-electron chi connectivity index (χ0n) is 19.0. The highest BCUT2D eigenvalue weighted by Gasteiger charge is 2.42. The minimum Gasteiger partial charge on any atom is -0.410 e. The molecule has 6 heteroatoms. The van der Waals surface area contributed by atoms with Gasteiger partial charge in [-0.2, -0.15) is 0 Å². The molecule has 0 aromatic carbocycles. The standard InChI is InChI=1S/C21H44N2O3Si/c1-20(2,3)26-23(16-24)18(14-17-12-10-9-11-13-17)19(15-22)25-27(7,8)21(4,5)6/h16-19H,9-15,22H2,1-8H3. The molecule has 5 nitrogen and oxygen atoms in total. The van der Waals surface area contributed by atoms with Crippen LogP contribution in [0.3, 0.4) is 0 Å². The van der Waals surface area contributed by atoms with Gasteiger partial charge < -0.3 is 10.2 Å². The van der Waals surface area contributed by atoms with Crippen LogP contribution in [0.4, 0.5) is 0 Å². The van der Waals surface area contributed by atoms with Gasteiger partial charge in [0, 0.05) is 6.54 Å². The van der Waals surface area contributed by atoms with E-state index in [1.54, 1.807) is 0 Å². The van der Waals surface area contributed by atoms with Gasteiger partial charge in [-0.1, -0.05) is 52.9 Å². The van der Waals surface area contributed by atoms with Crippen LogP contribution in [0.1, 0.15) is 80.1 Å². The van der Waals surface area contributed by atoms with Crippen molar-refractivity contribution in [1.29, 1.82) is 0 Å². The van der Waals surface area contributed by atoms with E-state index in [-0.39, 0.29) is 17.2 Å². The summed E-state index contributed by atoms with van der Waals surface area (Å²) in [5.41, 5.74) is 5.74. The number of carbonyl (C=O) groups excluding carboxylic acids is 1. The van der Waals surface area contributed by atoms with Gasteiger partial charge in [0.05, 0.1) is 17.7 Å². The average Bonchev–Trinajstić information content (AvgIpc) is 2.55. The SMILES string of the molecule is CC(C)(C)ON(C=O)C(CC1CCCCC1)C(CN)O[Si](C)(C)C(C)(C)C. The van der Waals surface area contributed by atoms with Crippen LogP contribution in [-0.2, 0) is 14.1 Å². The number of hydrogen-bond donors (Lipinski definition) is 1. The van der Waals surface area contributed by atoms with Crippen LogP contribution in [0.5, 0.6) is 0 Å². The predicted octanol–water partition coefficient (Wildman–Crippen LogP) is 4.86. The average molecular weight is 401 g/mol. The molecule has 0 aliphatic heterocycles. The second-order valence-electron chi connectivity index (χ2n) is 10.6. The van der Waals surface area contributed by atoms with E-state index in [2.05, 4.69) is 33.9 Å². The fourth-order valence-electron chi connectivity index (χ4n) is 3.51. The first kappa shape index (κ1) is 24.6. The predicted molar refractivity (Wildman–Crippen MR) is 115 cm³/mol. The molecule has 0 radical (unpaired) electrons. The Bertz CT molecular complexity index is 451. The fraction of sp³-hybridized carbons (Fsp3) is 0.952. The third kappa shape index (κ3) is 7.84. The maximum atomic E-state index is 12.0. The normalized spacial score (nSPS) is 19.6. The van der Waals surface area contributed by atoms with Crippen LogP contribution in [0.2, 0.25) is 18.1 Å². The highest BCUT2D eigenvalue weighted by molar-refractivity contribution is 6.74. The molecule has 0 heterocycles. The largest absolute Gasteiger partial charge is 0.410 e. The first-order chi connectivity index (χ1) is 12.3. The number of nitrogens with zero attached hydrogens (tertiary/aromatic N) is 1. The Hall–Kier alpha value is -0.433. The molecule has 0 aromatic rings. The molecule has 1 aliphatic carbocycles. The van der Waals surface area contributed by atoms with Gasteiger partial charge in [0.2, 0.25) is 6.41 Å². The van der Waals surface area contributed by atoms with Crippen molar-refractivity contribution in [3.8, 4) is 0 Å². The minimum atomic E-state index is -2.01. The van der Waals surface area contributed by atoms with Gasteiger partial charge in [0.15, 0.2) is 8.32 Å². The molecule has 0 saturated heterocycles. The topological polar surface area (TPSA) is 64.8 Å². The molecule has 1 amide bonds. The summed E-state index contributed by atoms with van der Waals surface area (Å²) in [5, 5.41) is 1.59. The van der Waals surface area contributed by atoms with E-state index in [4.69, 9.17) is 15.0 Å². The number of nitrogens with two attached hydrogens (primary N) is 1. The second kappa shape index (κ2) is 9.86. The Morgan fingerprint density at radius 1 is 1.11 bits per heavy atom. The van der Waals surface area contributed by atoms with E-state index in [1.165, 1.54) is 37.2 Å². The lowest BCUT2D eigenvalue weighted by Gasteiger charge is -2.44. The lowest BCUT2D eigenvalue weighted by Crippen LogP contribution is -2.55. The molecule has 0 spiro atoms. The Labute approximate surface area is 168 Å². The number of hydroxylamine groups is 2. The maximum Gasteiger partial charge on any atom is 0.233 e. The van der Waals surface area contributed by atoms with Gasteiger partial charge in [-0.25, -0.2) is 5.06 Å². The molecule has 1 saturated carbocycles. The van der Waals surface area contributed by atoms with Crippen molar-refractivity contribution in [1.82, 2.24) is 5.06 Å². The Balaban J connectivity index is 3.09. The molecule has 1 fully saturated rings. The number of amides is 1. The molecule has 0 bridgehead atoms. The summed E-state index contributed by atoms with van der Waals surface area (Å²) < 4.78 is 6.69. The molecular weight excluding hydrogens is 356 g/mol. The smallest absolute Gasteiger partial charge is 0.233 e. The number of hydrogen-bond acceptors (Lipinski definition) is 4. The van der Waals surface area contributed by atoms with Crippen molar-refractivity contribution in [2.24, 2.45) is 11.7 Å². The van der Waals surface area contributed by atoms with Crippen LogP contribution < -0.4 is 5.73 Å². The highest BCUT2D eigenvalue weighted by atomic mass is 28.4. The molecule has 0 aromatic heterocycles. The van der Waals surface area contributed by atoms with E-state index in [9.17, 15) is 4.79 Å². The first-order valence-electron chi connectivity index (χ1n) is 10.6.